The molecule has 3 aliphatic rings. The van der Waals surface area contributed by atoms with Gasteiger partial charge in [-0.2, -0.15) is 4.99 Å². The third kappa shape index (κ3) is 3.77. The van der Waals surface area contributed by atoms with Crippen LogP contribution in [0.15, 0.2) is 52.7 Å². The van der Waals surface area contributed by atoms with Crippen LogP contribution in [0.3, 0.4) is 0 Å². The molecule has 1 unspecified atom stereocenters. The maximum atomic E-state index is 13.2. The van der Waals surface area contributed by atoms with Gasteiger partial charge in [0.1, 0.15) is 5.82 Å². The molecule has 0 radical (unpaired) electrons. The first-order valence-electron chi connectivity index (χ1n) is 10.1. The zero-order valence-electron chi connectivity index (χ0n) is 16.7. The van der Waals surface area contributed by atoms with Gasteiger partial charge in [0.2, 0.25) is 0 Å². The molecule has 0 saturated carbocycles. The molecule has 156 valence electrons. The van der Waals surface area contributed by atoms with Gasteiger partial charge in [-0.3, -0.25) is 9.59 Å². The quantitative estimate of drug-likeness (QED) is 0.757. The predicted octanol–water partition coefficient (Wildman–Crippen LogP) is 2.94. The largest absolute Gasteiger partial charge is 0.363 e. The molecule has 1 N–H and O–H groups in total. The number of likely N-dealkylation sites (N-methyl/N-ethyl adjacent to an activating group) is 1. The summed E-state index contributed by atoms with van der Waals surface area (Å²) in [5.41, 5.74) is 1.97. The second kappa shape index (κ2) is 8.22. The van der Waals surface area contributed by atoms with E-state index in [1.807, 2.05) is 0 Å². The third-order valence-corrected chi connectivity index (χ3v) is 5.58. The van der Waals surface area contributed by atoms with Crippen molar-refractivity contribution in [2.24, 2.45) is 4.99 Å². The fraction of sp³-hybridized carbons (Fsp3) is 0.364. The van der Waals surface area contributed by atoms with Crippen LogP contribution in [-0.2, 0) is 9.59 Å². The Hall–Kier alpha value is -3.29. The van der Waals surface area contributed by atoms with Crippen molar-refractivity contribution >= 4 is 29.2 Å². The maximum absolute atomic E-state index is 13.2. The number of carbonyl (C=O) groups is 3. The van der Waals surface area contributed by atoms with Gasteiger partial charge < -0.3 is 10.2 Å². The minimum absolute atomic E-state index is 0.153. The molecule has 8 heteroatoms. The number of allylic oxidation sites excluding steroid dienone is 1. The Kier molecular flexibility index (Phi) is 5.48. The summed E-state index contributed by atoms with van der Waals surface area (Å²) in [5.74, 6) is -1.34. The van der Waals surface area contributed by atoms with Crippen LogP contribution in [0.5, 0.6) is 0 Å². The second-order valence-corrected chi connectivity index (χ2v) is 7.65. The predicted molar refractivity (Wildman–Crippen MR) is 111 cm³/mol. The van der Waals surface area contributed by atoms with E-state index in [-0.39, 0.29) is 22.9 Å². The first-order valence-corrected chi connectivity index (χ1v) is 10.1. The van der Waals surface area contributed by atoms with Crippen LogP contribution < -0.4 is 10.2 Å². The van der Waals surface area contributed by atoms with Gasteiger partial charge in [-0.25, -0.2) is 14.1 Å². The molecular formula is C22H23FN4O3. The van der Waals surface area contributed by atoms with Crippen molar-refractivity contribution in [2.45, 2.75) is 38.1 Å². The van der Waals surface area contributed by atoms with Crippen molar-refractivity contribution in [3.8, 4) is 0 Å². The number of imide groups is 1. The Bertz CT molecular complexity index is 981. The van der Waals surface area contributed by atoms with Crippen LogP contribution in [0.1, 0.15) is 32.1 Å². The number of fused-ring (bicyclic) bond motifs is 1. The van der Waals surface area contributed by atoms with E-state index in [9.17, 15) is 18.8 Å². The van der Waals surface area contributed by atoms with Crippen LogP contribution >= 0.6 is 0 Å². The lowest BCUT2D eigenvalue weighted by molar-refractivity contribution is -0.120. The Balaban J connectivity index is 1.48. The number of urea groups is 1. The lowest BCUT2D eigenvalue weighted by atomic mass is 9.97. The van der Waals surface area contributed by atoms with Gasteiger partial charge in [-0.1, -0.05) is 11.6 Å². The number of carbonyl (C=O) groups excluding carboxylic acids is 3. The number of hydrogen-bond donors (Lipinski definition) is 1. The minimum Gasteiger partial charge on any atom is -0.363 e. The Morgan fingerprint density at radius 2 is 2.00 bits per heavy atom. The molecule has 30 heavy (non-hydrogen) atoms. The summed E-state index contributed by atoms with van der Waals surface area (Å²) >= 11 is 0. The van der Waals surface area contributed by atoms with Gasteiger partial charge in [0, 0.05) is 19.8 Å². The number of halogens is 1. The number of nitrogens with zero attached hydrogens (tertiary/aromatic N) is 3. The fourth-order valence-corrected chi connectivity index (χ4v) is 4.03. The van der Waals surface area contributed by atoms with E-state index in [4.69, 9.17) is 0 Å². The monoisotopic (exact) mass is 410 g/mol. The number of hydrogen-bond acceptors (Lipinski definition) is 4. The van der Waals surface area contributed by atoms with Crippen LogP contribution in [0, 0.1) is 5.82 Å². The summed E-state index contributed by atoms with van der Waals surface area (Å²) in [6.07, 6.45) is 9.13. The molecule has 2 aliphatic heterocycles. The Morgan fingerprint density at radius 1 is 1.23 bits per heavy atom. The molecular weight excluding hydrogens is 387 g/mol. The topological polar surface area (TPSA) is 82.1 Å². The van der Waals surface area contributed by atoms with E-state index in [2.05, 4.69) is 16.4 Å². The minimum atomic E-state index is -0.866. The van der Waals surface area contributed by atoms with Crippen molar-refractivity contribution in [1.82, 2.24) is 10.2 Å². The van der Waals surface area contributed by atoms with Gasteiger partial charge in [-0.05, 0) is 56.4 Å². The summed E-state index contributed by atoms with van der Waals surface area (Å²) in [7, 11) is 1.66. The first kappa shape index (κ1) is 20.0. The lowest BCUT2D eigenvalue weighted by Gasteiger charge is -2.30. The van der Waals surface area contributed by atoms with Gasteiger partial charge in [0.25, 0.3) is 11.8 Å². The summed E-state index contributed by atoms with van der Waals surface area (Å²) in [6.45, 7) is 0.493. The highest BCUT2D eigenvalue weighted by molar-refractivity contribution is 6.39. The molecule has 0 fully saturated rings. The Labute approximate surface area is 173 Å². The molecule has 7 nitrogen and oxygen atoms in total. The van der Waals surface area contributed by atoms with E-state index in [1.165, 1.54) is 48.9 Å². The highest BCUT2D eigenvalue weighted by Gasteiger charge is 2.46. The van der Waals surface area contributed by atoms with Gasteiger partial charge in [-0.15, -0.1) is 0 Å². The molecule has 0 saturated heterocycles. The van der Waals surface area contributed by atoms with Gasteiger partial charge in [0.15, 0.2) is 6.04 Å². The van der Waals surface area contributed by atoms with Gasteiger partial charge in [0.05, 0.1) is 17.0 Å². The van der Waals surface area contributed by atoms with E-state index in [0.717, 1.165) is 24.2 Å². The molecule has 1 aromatic rings. The summed E-state index contributed by atoms with van der Waals surface area (Å²) in [6, 6.07) is 3.39. The first-order chi connectivity index (χ1) is 14.5. The van der Waals surface area contributed by atoms with E-state index >= 15 is 0 Å². The van der Waals surface area contributed by atoms with E-state index < -0.39 is 23.8 Å². The van der Waals surface area contributed by atoms with Crippen LogP contribution in [-0.4, -0.2) is 48.1 Å². The molecule has 0 aromatic heterocycles. The number of amides is 4. The summed E-state index contributed by atoms with van der Waals surface area (Å²) < 4.78 is 13.2. The molecule has 2 heterocycles. The SMILES string of the molecule is CN1C=C(C(=O)NCCC2=CCCCC2)C2=NC(=O)N(c3ccc(F)cc3)C(=O)C21. The summed E-state index contributed by atoms with van der Waals surface area (Å²) in [5, 5.41) is 2.87. The third-order valence-electron chi connectivity index (χ3n) is 5.58. The number of anilines is 1. The number of aliphatic imine (C=N–C) groups is 1. The number of benzene rings is 1. The smallest absolute Gasteiger partial charge is 0.355 e. The molecule has 0 bridgehead atoms. The molecule has 0 spiro atoms. The average Bonchev–Trinajstić information content (AvgIpc) is 3.06. The normalized spacial score (nSPS) is 21.1. The molecule has 1 aromatic carbocycles. The molecule has 4 amide bonds. The summed E-state index contributed by atoms with van der Waals surface area (Å²) in [4.78, 5) is 44.8. The van der Waals surface area contributed by atoms with E-state index in [1.54, 1.807) is 11.9 Å². The van der Waals surface area contributed by atoms with Crippen molar-refractivity contribution in [1.29, 1.82) is 0 Å². The Morgan fingerprint density at radius 3 is 2.70 bits per heavy atom. The van der Waals surface area contributed by atoms with Crippen LogP contribution in [0.2, 0.25) is 0 Å². The molecule has 4 rings (SSSR count). The molecule has 1 aliphatic carbocycles. The lowest BCUT2D eigenvalue weighted by Crippen LogP contribution is -2.53. The zero-order chi connectivity index (χ0) is 21.3. The second-order valence-electron chi connectivity index (χ2n) is 7.65. The standard InChI is InChI=1S/C22H23FN4O3/c1-26-13-17(20(28)24-12-11-14-5-3-2-4-6-14)18-19(26)21(29)27(22(30)25-18)16-9-7-15(23)8-10-16/h5,7-10,13,19H,2-4,6,11-12H2,1H3,(H,24,28). The van der Waals surface area contributed by atoms with Crippen molar-refractivity contribution in [3.05, 3.63) is 53.5 Å². The van der Waals surface area contributed by atoms with Crippen LogP contribution in [0.25, 0.3) is 0 Å². The van der Waals surface area contributed by atoms with Crippen molar-refractivity contribution < 1.29 is 18.8 Å². The van der Waals surface area contributed by atoms with E-state index in [0.29, 0.717) is 6.54 Å². The van der Waals surface area contributed by atoms with Crippen molar-refractivity contribution in [3.63, 3.8) is 0 Å². The fourth-order valence-electron chi connectivity index (χ4n) is 4.03. The van der Waals surface area contributed by atoms with Gasteiger partial charge >= 0.3 is 6.03 Å². The van der Waals surface area contributed by atoms with Crippen LogP contribution in [0.4, 0.5) is 14.9 Å². The number of rotatable bonds is 5. The number of nitrogens with one attached hydrogen (secondary N) is 1. The van der Waals surface area contributed by atoms with Crippen molar-refractivity contribution in [2.75, 3.05) is 18.5 Å². The molecule has 1 atom stereocenters. The highest BCUT2D eigenvalue weighted by atomic mass is 19.1. The highest BCUT2D eigenvalue weighted by Crippen LogP contribution is 2.28. The zero-order valence-corrected chi connectivity index (χ0v) is 16.7. The maximum Gasteiger partial charge on any atom is 0.355 e. The average molecular weight is 410 g/mol.